The molecule has 0 fully saturated rings. The Kier molecular flexibility index (Phi) is 6.42. The Bertz CT molecular complexity index is 1370. The number of aryl methyl sites for hydroxylation is 1. The van der Waals surface area contributed by atoms with Gasteiger partial charge in [0.2, 0.25) is 11.9 Å². The highest BCUT2D eigenvalue weighted by Gasteiger charge is 2.23. The average molecular weight is 481 g/mol. The summed E-state index contributed by atoms with van der Waals surface area (Å²) >= 11 is 0. The summed E-state index contributed by atoms with van der Waals surface area (Å²) in [5.74, 6) is 2.31. The van der Waals surface area contributed by atoms with E-state index in [1.165, 1.54) is 13.8 Å². The topological polar surface area (TPSA) is 112 Å². The number of amides is 1. The van der Waals surface area contributed by atoms with Crippen molar-refractivity contribution in [2.45, 2.75) is 52.8 Å². The molecule has 184 valence electrons. The van der Waals surface area contributed by atoms with Gasteiger partial charge < -0.3 is 19.9 Å². The molecule has 1 unspecified atom stereocenters. The molecule has 0 aliphatic rings. The molecule has 10 nitrogen and oxygen atoms in total. The lowest BCUT2D eigenvalue weighted by Crippen LogP contribution is -2.21. The van der Waals surface area contributed by atoms with Crippen molar-refractivity contribution in [1.82, 2.24) is 29.3 Å². The molecule has 0 spiro atoms. The van der Waals surface area contributed by atoms with E-state index in [0.717, 1.165) is 11.2 Å². The van der Waals surface area contributed by atoms with Crippen LogP contribution in [0.4, 0.5) is 22.0 Å². The second-order valence-corrected chi connectivity index (χ2v) is 9.42. The van der Waals surface area contributed by atoms with Crippen LogP contribution in [0, 0.1) is 0 Å². The standard InChI is InChI=1S/C24H29FN8O2/c1-14(25)13-33-19(24(3,4)5)11-21(31-33)29-23-30-22-18(32(23)6)9-17(12-27-22)35-16-7-8-26-20(10-16)28-15(2)34/h7-12,14H,13H2,1-6H3,(H,26,28,34)(H,27,29,30,31). The second kappa shape index (κ2) is 9.32. The van der Waals surface area contributed by atoms with Gasteiger partial charge in [-0.05, 0) is 13.0 Å². The van der Waals surface area contributed by atoms with E-state index in [9.17, 15) is 9.18 Å². The molecule has 4 aromatic heterocycles. The van der Waals surface area contributed by atoms with E-state index in [4.69, 9.17) is 4.74 Å². The van der Waals surface area contributed by atoms with Crippen LogP contribution in [-0.2, 0) is 23.8 Å². The molecular formula is C24H29FN8O2. The molecule has 2 N–H and O–H groups in total. The molecule has 0 saturated heterocycles. The first-order valence-corrected chi connectivity index (χ1v) is 11.2. The van der Waals surface area contributed by atoms with Crippen LogP contribution < -0.4 is 15.4 Å². The maximum atomic E-state index is 13.7. The van der Waals surface area contributed by atoms with E-state index in [1.54, 1.807) is 29.2 Å². The number of nitrogens with zero attached hydrogens (tertiary/aromatic N) is 6. The number of pyridine rings is 2. The molecule has 0 aromatic carbocycles. The fraction of sp³-hybridized carbons (Fsp3) is 0.375. The summed E-state index contributed by atoms with van der Waals surface area (Å²) in [5.41, 5.74) is 2.00. The largest absolute Gasteiger partial charge is 0.455 e. The molecule has 35 heavy (non-hydrogen) atoms. The van der Waals surface area contributed by atoms with Gasteiger partial charge in [0.1, 0.15) is 23.5 Å². The van der Waals surface area contributed by atoms with Crippen LogP contribution in [0.3, 0.4) is 0 Å². The summed E-state index contributed by atoms with van der Waals surface area (Å²) in [4.78, 5) is 24.3. The Morgan fingerprint density at radius 3 is 2.63 bits per heavy atom. The molecule has 4 rings (SSSR count). The summed E-state index contributed by atoms with van der Waals surface area (Å²) in [6.45, 7) is 9.31. The molecular weight excluding hydrogens is 451 g/mol. The van der Waals surface area contributed by atoms with Crippen LogP contribution in [0.1, 0.15) is 40.3 Å². The van der Waals surface area contributed by atoms with Crippen LogP contribution in [0.5, 0.6) is 11.5 Å². The number of aromatic nitrogens is 6. The number of ether oxygens (including phenoxy) is 1. The van der Waals surface area contributed by atoms with Gasteiger partial charge in [-0.3, -0.25) is 9.48 Å². The van der Waals surface area contributed by atoms with Gasteiger partial charge in [-0.2, -0.15) is 10.1 Å². The quantitative estimate of drug-likeness (QED) is 0.394. The number of imidazole rings is 1. The minimum Gasteiger partial charge on any atom is -0.455 e. The first-order valence-electron chi connectivity index (χ1n) is 11.2. The van der Waals surface area contributed by atoms with Crippen molar-refractivity contribution in [2.24, 2.45) is 7.05 Å². The number of hydrogen-bond donors (Lipinski definition) is 2. The van der Waals surface area contributed by atoms with Crippen molar-refractivity contribution in [1.29, 1.82) is 0 Å². The summed E-state index contributed by atoms with van der Waals surface area (Å²) in [6, 6.07) is 7.05. The maximum absolute atomic E-state index is 13.7. The number of anilines is 3. The Labute approximate surface area is 202 Å². The summed E-state index contributed by atoms with van der Waals surface area (Å²) in [6.07, 6.45) is 2.11. The highest BCUT2D eigenvalue weighted by Crippen LogP contribution is 2.29. The third-order valence-electron chi connectivity index (χ3n) is 5.20. The van der Waals surface area contributed by atoms with Crippen molar-refractivity contribution in [3.05, 3.63) is 42.4 Å². The number of halogens is 1. The van der Waals surface area contributed by atoms with Gasteiger partial charge in [-0.1, -0.05) is 20.8 Å². The van der Waals surface area contributed by atoms with E-state index in [-0.39, 0.29) is 17.9 Å². The normalized spacial score (nSPS) is 12.5. The van der Waals surface area contributed by atoms with Crippen molar-refractivity contribution in [3.63, 3.8) is 0 Å². The van der Waals surface area contributed by atoms with Crippen LogP contribution in [0.25, 0.3) is 11.2 Å². The van der Waals surface area contributed by atoms with E-state index in [0.29, 0.717) is 34.7 Å². The molecule has 0 aliphatic heterocycles. The maximum Gasteiger partial charge on any atom is 0.222 e. The molecule has 1 atom stereocenters. The fourth-order valence-corrected chi connectivity index (χ4v) is 3.65. The summed E-state index contributed by atoms with van der Waals surface area (Å²) in [5, 5.41) is 10.4. The molecule has 11 heteroatoms. The van der Waals surface area contributed by atoms with Gasteiger partial charge in [0.15, 0.2) is 11.5 Å². The SMILES string of the molecule is CC(=O)Nc1cc(Oc2cnc3nc(Nc4cc(C(C)(C)C)n(CC(C)F)n4)n(C)c3c2)ccn1. The number of nitrogens with one attached hydrogen (secondary N) is 2. The van der Waals surface area contributed by atoms with E-state index < -0.39 is 6.17 Å². The number of alkyl halides is 1. The van der Waals surface area contributed by atoms with Gasteiger partial charge in [0.05, 0.1) is 18.3 Å². The highest BCUT2D eigenvalue weighted by molar-refractivity contribution is 5.87. The Hall–Kier alpha value is -4.02. The molecule has 0 saturated carbocycles. The lowest BCUT2D eigenvalue weighted by atomic mass is 9.92. The van der Waals surface area contributed by atoms with E-state index in [1.807, 2.05) is 23.7 Å². The van der Waals surface area contributed by atoms with Crippen molar-refractivity contribution >= 4 is 34.7 Å². The Balaban J connectivity index is 1.59. The smallest absolute Gasteiger partial charge is 0.222 e. The van der Waals surface area contributed by atoms with Crippen molar-refractivity contribution < 1.29 is 13.9 Å². The molecule has 0 bridgehead atoms. The monoisotopic (exact) mass is 480 g/mol. The Morgan fingerprint density at radius 1 is 1.17 bits per heavy atom. The average Bonchev–Trinajstić information content (AvgIpc) is 3.28. The minimum absolute atomic E-state index is 0.178. The highest BCUT2D eigenvalue weighted by atomic mass is 19.1. The van der Waals surface area contributed by atoms with Crippen LogP contribution >= 0.6 is 0 Å². The zero-order valence-corrected chi connectivity index (χ0v) is 20.6. The van der Waals surface area contributed by atoms with Gasteiger partial charge in [0.25, 0.3) is 0 Å². The Morgan fingerprint density at radius 2 is 1.94 bits per heavy atom. The van der Waals surface area contributed by atoms with E-state index in [2.05, 4.69) is 51.5 Å². The summed E-state index contributed by atoms with van der Waals surface area (Å²) < 4.78 is 23.2. The molecule has 4 aromatic rings. The third kappa shape index (κ3) is 5.56. The predicted molar refractivity (Wildman–Crippen MR) is 132 cm³/mol. The first-order chi connectivity index (χ1) is 16.5. The number of fused-ring (bicyclic) bond motifs is 1. The summed E-state index contributed by atoms with van der Waals surface area (Å²) in [7, 11) is 1.86. The number of rotatable bonds is 7. The number of hydrogen-bond acceptors (Lipinski definition) is 7. The second-order valence-electron chi connectivity index (χ2n) is 9.42. The van der Waals surface area contributed by atoms with Crippen LogP contribution in [0.15, 0.2) is 36.7 Å². The molecule has 1 amide bonds. The zero-order valence-electron chi connectivity index (χ0n) is 20.6. The molecule has 4 heterocycles. The zero-order chi connectivity index (χ0) is 25.3. The van der Waals surface area contributed by atoms with E-state index >= 15 is 0 Å². The van der Waals surface area contributed by atoms with Gasteiger partial charge in [0, 0.05) is 49.5 Å². The minimum atomic E-state index is -1.02. The number of carbonyl (C=O) groups excluding carboxylic acids is 1. The fourth-order valence-electron chi connectivity index (χ4n) is 3.65. The molecule has 0 radical (unpaired) electrons. The van der Waals surface area contributed by atoms with Gasteiger partial charge in [-0.15, -0.1) is 0 Å². The van der Waals surface area contributed by atoms with Gasteiger partial charge >= 0.3 is 0 Å². The third-order valence-corrected chi connectivity index (χ3v) is 5.20. The predicted octanol–water partition coefficient (Wildman–Crippen LogP) is 4.71. The lowest BCUT2D eigenvalue weighted by Gasteiger charge is -2.20. The van der Waals surface area contributed by atoms with Gasteiger partial charge in [-0.25, -0.2) is 14.4 Å². The van der Waals surface area contributed by atoms with Crippen molar-refractivity contribution in [2.75, 3.05) is 10.6 Å². The number of carbonyl (C=O) groups is 1. The van der Waals surface area contributed by atoms with Crippen LogP contribution in [0.2, 0.25) is 0 Å². The first kappa shape index (κ1) is 24.1. The van der Waals surface area contributed by atoms with Crippen molar-refractivity contribution in [3.8, 4) is 11.5 Å². The molecule has 0 aliphatic carbocycles. The lowest BCUT2D eigenvalue weighted by molar-refractivity contribution is -0.114. The van der Waals surface area contributed by atoms with Crippen LogP contribution in [-0.4, -0.2) is 41.4 Å².